The van der Waals surface area contributed by atoms with Gasteiger partial charge in [-0.1, -0.05) is 74.1 Å². The van der Waals surface area contributed by atoms with Crippen molar-refractivity contribution in [3.8, 4) is 0 Å². The molecule has 0 aliphatic heterocycles. The Hall–Kier alpha value is -2.33. The van der Waals surface area contributed by atoms with E-state index >= 15 is 0 Å². The van der Waals surface area contributed by atoms with Crippen molar-refractivity contribution in [2.24, 2.45) is 5.92 Å². The van der Waals surface area contributed by atoms with E-state index in [-0.39, 0.29) is 0 Å². The Balaban J connectivity index is 1.75. The number of para-hydroxylation sites is 1. The highest BCUT2D eigenvalue weighted by Gasteiger charge is 2.14. The molecule has 126 valence electrons. The van der Waals surface area contributed by atoms with Gasteiger partial charge in [0.1, 0.15) is 5.52 Å². The second-order valence-electron chi connectivity index (χ2n) is 6.71. The molecule has 0 saturated heterocycles. The summed E-state index contributed by atoms with van der Waals surface area (Å²) in [6.07, 6.45) is 0.951. The molecule has 0 aliphatic rings. The Kier molecular flexibility index (Phi) is 4.45. The van der Waals surface area contributed by atoms with Gasteiger partial charge in [-0.2, -0.15) is 0 Å². The third-order valence-corrected chi connectivity index (χ3v) is 5.15. The number of aromatic amines is 1. The number of rotatable bonds is 5. The molecule has 0 spiro atoms. The van der Waals surface area contributed by atoms with Gasteiger partial charge >= 0.3 is 0 Å². The maximum absolute atomic E-state index is 4.89. The van der Waals surface area contributed by atoms with Gasteiger partial charge in [0.15, 0.2) is 5.16 Å². The number of thioether (sulfide) groups is 1. The SMILES string of the molecule is CC(C)Cc1nc2ccccc2c2nc(SCc3ccccc3)[nH]c12. The van der Waals surface area contributed by atoms with Crippen molar-refractivity contribution in [3.63, 3.8) is 0 Å². The highest BCUT2D eigenvalue weighted by atomic mass is 32.2. The summed E-state index contributed by atoms with van der Waals surface area (Å²) in [4.78, 5) is 13.3. The molecule has 4 heteroatoms. The molecule has 0 radical (unpaired) electrons. The summed E-state index contributed by atoms with van der Waals surface area (Å²) in [6.45, 7) is 4.45. The number of nitrogens with zero attached hydrogens (tertiary/aromatic N) is 2. The average Bonchev–Trinajstić information content (AvgIpc) is 3.05. The van der Waals surface area contributed by atoms with Crippen molar-refractivity contribution in [1.29, 1.82) is 0 Å². The van der Waals surface area contributed by atoms with Gasteiger partial charge in [-0.15, -0.1) is 0 Å². The summed E-state index contributed by atoms with van der Waals surface area (Å²) in [6, 6.07) is 18.8. The first-order chi connectivity index (χ1) is 12.2. The minimum absolute atomic E-state index is 0.556. The van der Waals surface area contributed by atoms with Gasteiger partial charge in [-0.05, 0) is 24.0 Å². The van der Waals surface area contributed by atoms with Crippen LogP contribution >= 0.6 is 11.8 Å². The molecular weight excluding hydrogens is 326 g/mol. The van der Waals surface area contributed by atoms with Gasteiger partial charge in [0, 0.05) is 11.1 Å². The fourth-order valence-electron chi connectivity index (χ4n) is 3.06. The number of benzene rings is 2. The molecule has 0 fully saturated rings. The minimum Gasteiger partial charge on any atom is -0.331 e. The number of pyridine rings is 1. The van der Waals surface area contributed by atoms with Crippen LogP contribution in [0.3, 0.4) is 0 Å². The van der Waals surface area contributed by atoms with Crippen LogP contribution in [-0.2, 0) is 12.2 Å². The van der Waals surface area contributed by atoms with Crippen LogP contribution in [0.15, 0.2) is 59.8 Å². The van der Waals surface area contributed by atoms with Gasteiger partial charge in [0.05, 0.1) is 16.7 Å². The van der Waals surface area contributed by atoms with Crippen molar-refractivity contribution in [3.05, 3.63) is 65.9 Å². The number of hydrogen-bond donors (Lipinski definition) is 1. The van der Waals surface area contributed by atoms with E-state index in [1.54, 1.807) is 11.8 Å². The monoisotopic (exact) mass is 347 g/mol. The predicted molar refractivity (Wildman–Crippen MR) is 106 cm³/mol. The van der Waals surface area contributed by atoms with Crippen molar-refractivity contribution >= 4 is 33.7 Å². The topological polar surface area (TPSA) is 41.6 Å². The lowest BCUT2D eigenvalue weighted by Crippen LogP contribution is -1.99. The van der Waals surface area contributed by atoms with Crippen LogP contribution in [0.2, 0.25) is 0 Å². The van der Waals surface area contributed by atoms with Gasteiger partial charge in [0.25, 0.3) is 0 Å². The number of hydrogen-bond acceptors (Lipinski definition) is 3. The second-order valence-corrected chi connectivity index (χ2v) is 7.68. The van der Waals surface area contributed by atoms with Crippen molar-refractivity contribution in [2.75, 3.05) is 0 Å². The number of imidazole rings is 1. The molecular formula is C21H21N3S. The summed E-state index contributed by atoms with van der Waals surface area (Å²) in [5, 5.41) is 2.08. The van der Waals surface area contributed by atoms with E-state index in [0.717, 1.165) is 45.0 Å². The Morgan fingerprint density at radius 3 is 2.52 bits per heavy atom. The van der Waals surface area contributed by atoms with Crippen LogP contribution in [0.25, 0.3) is 21.9 Å². The van der Waals surface area contributed by atoms with E-state index in [1.165, 1.54) is 5.56 Å². The molecule has 4 rings (SSSR count). The molecule has 0 aliphatic carbocycles. The van der Waals surface area contributed by atoms with Crippen LogP contribution in [0.4, 0.5) is 0 Å². The standard InChI is InChI=1S/C21H21N3S/c1-14(2)12-18-20-19(16-10-6-7-11-17(16)22-18)23-21(24-20)25-13-15-8-4-3-5-9-15/h3-11,14H,12-13H2,1-2H3,(H,23,24). The smallest absolute Gasteiger partial charge is 0.166 e. The van der Waals surface area contributed by atoms with Crippen LogP contribution in [0, 0.1) is 5.92 Å². The lowest BCUT2D eigenvalue weighted by atomic mass is 10.0. The molecule has 25 heavy (non-hydrogen) atoms. The number of fused-ring (bicyclic) bond motifs is 3. The molecule has 4 aromatic rings. The third kappa shape index (κ3) is 3.40. The van der Waals surface area contributed by atoms with Crippen molar-refractivity contribution in [1.82, 2.24) is 15.0 Å². The lowest BCUT2D eigenvalue weighted by Gasteiger charge is -2.07. The maximum Gasteiger partial charge on any atom is 0.166 e. The van der Waals surface area contributed by atoms with E-state index in [0.29, 0.717) is 5.92 Å². The highest BCUT2D eigenvalue weighted by Crippen LogP contribution is 2.29. The van der Waals surface area contributed by atoms with E-state index in [9.17, 15) is 0 Å². The van der Waals surface area contributed by atoms with Crippen LogP contribution in [0.5, 0.6) is 0 Å². The molecule has 1 N–H and O–H groups in total. The Morgan fingerprint density at radius 1 is 0.960 bits per heavy atom. The zero-order valence-electron chi connectivity index (χ0n) is 14.5. The van der Waals surface area contributed by atoms with Gasteiger partial charge in [-0.3, -0.25) is 4.98 Å². The lowest BCUT2D eigenvalue weighted by molar-refractivity contribution is 0.639. The van der Waals surface area contributed by atoms with E-state index in [2.05, 4.69) is 61.3 Å². The van der Waals surface area contributed by atoms with Crippen LogP contribution in [0.1, 0.15) is 25.1 Å². The Labute approximate surface area is 151 Å². The van der Waals surface area contributed by atoms with Crippen LogP contribution < -0.4 is 0 Å². The third-order valence-electron chi connectivity index (χ3n) is 4.21. The summed E-state index contributed by atoms with van der Waals surface area (Å²) in [5.74, 6) is 1.46. The fraction of sp³-hybridized carbons (Fsp3) is 0.238. The van der Waals surface area contributed by atoms with Gasteiger partial charge < -0.3 is 4.98 Å². The molecule has 0 atom stereocenters. The summed E-state index contributed by atoms with van der Waals surface area (Å²) < 4.78 is 0. The first kappa shape index (κ1) is 16.2. The molecule has 0 bridgehead atoms. The van der Waals surface area contributed by atoms with E-state index in [4.69, 9.17) is 9.97 Å². The largest absolute Gasteiger partial charge is 0.331 e. The number of aromatic nitrogens is 3. The van der Waals surface area contributed by atoms with E-state index in [1.807, 2.05) is 12.1 Å². The molecule has 2 aromatic carbocycles. The van der Waals surface area contributed by atoms with Gasteiger partial charge in [-0.25, -0.2) is 4.98 Å². The molecule has 2 aromatic heterocycles. The summed E-state index contributed by atoms with van der Waals surface area (Å²) in [7, 11) is 0. The zero-order chi connectivity index (χ0) is 17.2. The predicted octanol–water partition coefficient (Wildman–Crippen LogP) is 5.60. The molecule has 0 amide bonds. The Bertz CT molecular complexity index is 1010. The summed E-state index contributed by atoms with van der Waals surface area (Å²) >= 11 is 1.74. The quantitative estimate of drug-likeness (QED) is 0.478. The molecule has 0 saturated carbocycles. The molecule has 3 nitrogen and oxygen atoms in total. The fourth-order valence-corrected chi connectivity index (χ4v) is 3.88. The first-order valence-electron chi connectivity index (χ1n) is 8.65. The average molecular weight is 347 g/mol. The molecule has 0 unspecified atom stereocenters. The number of nitrogens with one attached hydrogen (secondary N) is 1. The zero-order valence-corrected chi connectivity index (χ0v) is 15.3. The normalized spacial score (nSPS) is 11.6. The van der Waals surface area contributed by atoms with Crippen molar-refractivity contribution < 1.29 is 0 Å². The highest BCUT2D eigenvalue weighted by molar-refractivity contribution is 7.98. The van der Waals surface area contributed by atoms with Crippen LogP contribution in [-0.4, -0.2) is 15.0 Å². The van der Waals surface area contributed by atoms with Gasteiger partial charge in [0.2, 0.25) is 0 Å². The van der Waals surface area contributed by atoms with E-state index < -0.39 is 0 Å². The first-order valence-corrected chi connectivity index (χ1v) is 9.63. The number of H-pyrrole nitrogens is 1. The van der Waals surface area contributed by atoms with Crippen molar-refractivity contribution in [2.45, 2.75) is 31.2 Å². The maximum atomic E-state index is 4.89. The minimum atomic E-state index is 0.556. The summed E-state index contributed by atoms with van der Waals surface area (Å²) in [5.41, 5.74) is 5.57. The Morgan fingerprint density at radius 2 is 1.72 bits per heavy atom. The second kappa shape index (κ2) is 6.89. The molecule has 2 heterocycles.